The van der Waals surface area contributed by atoms with Crippen molar-refractivity contribution < 1.29 is 14.3 Å². The number of hydrogen-bond donors (Lipinski definition) is 0. The lowest BCUT2D eigenvalue weighted by molar-refractivity contribution is -0.144. The fourth-order valence-electron chi connectivity index (χ4n) is 2.65. The van der Waals surface area contributed by atoms with E-state index in [1.54, 1.807) is 6.20 Å². The number of carbonyl (C=O) groups is 1. The van der Waals surface area contributed by atoms with E-state index >= 15 is 0 Å². The maximum atomic E-state index is 11.9. The first-order valence-electron chi connectivity index (χ1n) is 7.60. The Morgan fingerprint density at radius 3 is 2.95 bits per heavy atom. The quantitative estimate of drug-likeness (QED) is 0.812. The topological polar surface area (TPSA) is 48.4 Å². The van der Waals surface area contributed by atoms with Gasteiger partial charge in [-0.1, -0.05) is 18.2 Å². The van der Waals surface area contributed by atoms with E-state index in [2.05, 4.69) is 4.98 Å². The van der Waals surface area contributed by atoms with Crippen molar-refractivity contribution in [2.24, 2.45) is 0 Å². The number of esters is 1. The predicted molar refractivity (Wildman–Crippen MR) is 83.2 cm³/mol. The van der Waals surface area contributed by atoms with Crippen molar-refractivity contribution >= 4 is 5.97 Å². The van der Waals surface area contributed by atoms with E-state index in [1.807, 2.05) is 44.2 Å². The van der Waals surface area contributed by atoms with Gasteiger partial charge in [0.05, 0.1) is 12.5 Å². The average Bonchev–Trinajstić information content (AvgIpc) is 2.72. The third-order valence-electron chi connectivity index (χ3n) is 3.94. The van der Waals surface area contributed by atoms with Gasteiger partial charge in [0, 0.05) is 11.8 Å². The van der Waals surface area contributed by atoms with Gasteiger partial charge >= 0.3 is 5.97 Å². The zero-order valence-corrected chi connectivity index (χ0v) is 12.8. The smallest absolute Gasteiger partial charge is 0.313 e. The van der Waals surface area contributed by atoms with Crippen LogP contribution in [0.15, 0.2) is 36.5 Å². The second-order valence-corrected chi connectivity index (χ2v) is 5.41. The highest BCUT2D eigenvalue weighted by Gasteiger charge is 2.20. The average molecular weight is 297 g/mol. The Balaban J connectivity index is 1.88. The molecule has 2 aromatic rings. The molecule has 0 saturated heterocycles. The van der Waals surface area contributed by atoms with Crippen LogP contribution in [0.2, 0.25) is 0 Å². The molecular weight excluding hydrogens is 278 g/mol. The van der Waals surface area contributed by atoms with E-state index < -0.39 is 0 Å². The Bertz CT molecular complexity index is 696. The van der Waals surface area contributed by atoms with Crippen LogP contribution < -0.4 is 4.74 Å². The Labute approximate surface area is 130 Å². The Morgan fingerprint density at radius 1 is 1.32 bits per heavy atom. The van der Waals surface area contributed by atoms with Gasteiger partial charge in [-0.3, -0.25) is 4.79 Å². The molecule has 1 aliphatic rings. The van der Waals surface area contributed by atoms with E-state index in [1.165, 1.54) is 0 Å². The number of aryl methyl sites for hydroxylation is 2. The number of rotatable bonds is 3. The number of nitrogens with zero attached hydrogens (tertiary/aromatic N) is 1. The summed E-state index contributed by atoms with van der Waals surface area (Å²) in [5.74, 6) is 1.03. The van der Waals surface area contributed by atoms with Crippen LogP contribution in [0, 0.1) is 0 Å². The number of ether oxygens (including phenoxy) is 2. The third-order valence-corrected chi connectivity index (χ3v) is 3.94. The van der Waals surface area contributed by atoms with Crippen molar-refractivity contribution in [1.29, 1.82) is 0 Å². The molecule has 0 spiro atoms. The summed E-state index contributed by atoms with van der Waals surface area (Å²) in [4.78, 5) is 16.2. The molecule has 4 heteroatoms. The van der Waals surface area contributed by atoms with E-state index in [0.717, 1.165) is 35.3 Å². The second kappa shape index (κ2) is 6.18. The van der Waals surface area contributed by atoms with Crippen LogP contribution in [0.5, 0.6) is 11.6 Å². The van der Waals surface area contributed by atoms with E-state index in [-0.39, 0.29) is 11.9 Å². The monoisotopic (exact) mass is 297 g/mol. The van der Waals surface area contributed by atoms with Gasteiger partial charge in [0.25, 0.3) is 0 Å². The van der Waals surface area contributed by atoms with Crippen molar-refractivity contribution in [2.45, 2.75) is 32.6 Å². The van der Waals surface area contributed by atoms with E-state index in [4.69, 9.17) is 9.47 Å². The molecule has 114 valence electrons. The van der Waals surface area contributed by atoms with Crippen LogP contribution in [-0.2, 0) is 22.4 Å². The van der Waals surface area contributed by atoms with Crippen LogP contribution in [0.25, 0.3) is 0 Å². The third kappa shape index (κ3) is 2.82. The molecule has 1 aromatic heterocycles. The summed E-state index contributed by atoms with van der Waals surface area (Å²) in [7, 11) is 0. The molecule has 0 N–H and O–H groups in total. The molecule has 22 heavy (non-hydrogen) atoms. The summed E-state index contributed by atoms with van der Waals surface area (Å²) in [6, 6.07) is 9.85. The van der Waals surface area contributed by atoms with Crippen LogP contribution in [0.1, 0.15) is 36.5 Å². The van der Waals surface area contributed by atoms with Crippen molar-refractivity contribution in [3.05, 3.63) is 53.2 Å². The SMILES string of the molecule is CCOC(=O)C(C)c1ccc2c(c1)CCc1cccnc1O2. The van der Waals surface area contributed by atoms with Crippen LogP contribution in [0.4, 0.5) is 0 Å². The number of fused-ring (bicyclic) bond motifs is 2. The molecule has 1 aliphatic heterocycles. The molecule has 0 amide bonds. The molecule has 1 atom stereocenters. The molecule has 0 fully saturated rings. The number of benzene rings is 1. The molecule has 0 radical (unpaired) electrons. The van der Waals surface area contributed by atoms with Gasteiger partial charge < -0.3 is 9.47 Å². The summed E-state index contributed by atoms with van der Waals surface area (Å²) in [5.41, 5.74) is 3.17. The minimum absolute atomic E-state index is 0.193. The van der Waals surface area contributed by atoms with Crippen molar-refractivity contribution in [3.8, 4) is 11.6 Å². The zero-order valence-electron chi connectivity index (χ0n) is 12.8. The summed E-state index contributed by atoms with van der Waals surface area (Å²) >= 11 is 0. The van der Waals surface area contributed by atoms with Gasteiger partial charge in [-0.25, -0.2) is 4.98 Å². The zero-order chi connectivity index (χ0) is 15.5. The minimum Gasteiger partial charge on any atom is -0.466 e. The Morgan fingerprint density at radius 2 is 2.14 bits per heavy atom. The number of pyridine rings is 1. The van der Waals surface area contributed by atoms with Gasteiger partial charge in [-0.2, -0.15) is 0 Å². The van der Waals surface area contributed by atoms with Gasteiger partial charge in [0.15, 0.2) is 0 Å². The maximum Gasteiger partial charge on any atom is 0.313 e. The lowest BCUT2D eigenvalue weighted by Gasteiger charge is -2.14. The molecule has 3 rings (SSSR count). The fraction of sp³-hybridized carbons (Fsp3) is 0.333. The van der Waals surface area contributed by atoms with Crippen molar-refractivity contribution in [1.82, 2.24) is 4.98 Å². The van der Waals surface area contributed by atoms with Gasteiger partial charge in [0.1, 0.15) is 5.75 Å². The van der Waals surface area contributed by atoms with E-state index in [0.29, 0.717) is 12.5 Å². The number of carbonyl (C=O) groups excluding carboxylic acids is 1. The number of aromatic nitrogens is 1. The largest absolute Gasteiger partial charge is 0.466 e. The molecule has 4 nitrogen and oxygen atoms in total. The standard InChI is InChI=1S/C18H19NO3/c1-3-21-18(20)12(2)14-8-9-16-15(11-14)7-6-13-5-4-10-19-17(13)22-16/h4-5,8-12H,3,6-7H2,1-2H3. The van der Waals surface area contributed by atoms with Crippen molar-refractivity contribution in [2.75, 3.05) is 6.61 Å². The second-order valence-electron chi connectivity index (χ2n) is 5.41. The molecule has 1 unspecified atom stereocenters. The molecular formula is C18H19NO3. The summed E-state index contributed by atoms with van der Waals surface area (Å²) in [6.45, 7) is 4.09. The Hall–Kier alpha value is -2.36. The maximum absolute atomic E-state index is 11.9. The first-order valence-corrected chi connectivity index (χ1v) is 7.60. The van der Waals surface area contributed by atoms with E-state index in [9.17, 15) is 4.79 Å². The molecule has 2 heterocycles. The van der Waals surface area contributed by atoms with Crippen molar-refractivity contribution in [3.63, 3.8) is 0 Å². The lowest BCUT2D eigenvalue weighted by Crippen LogP contribution is -2.13. The first-order chi connectivity index (χ1) is 10.7. The van der Waals surface area contributed by atoms with Gasteiger partial charge in [-0.15, -0.1) is 0 Å². The van der Waals surface area contributed by atoms with Gasteiger partial charge in [-0.05, 0) is 49.9 Å². The molecule has 0 aliphatic carbocycles. The van der Waals surface area contributed by atoms with Gasteiger partial charge in [0.2, 0.25) is 5.88 Å². The number of hydrogen-bond acceptors (Lipinski definition) is 4. The van der Waals surface area contributed by atoms with Crippen LogP contribution in [0.3, 0.4) is 0 Å². The normalized spacial score (nSPS) is 14.1. The molecule has 0 bridgehead atoms. The minimum atomic E-state index is -0.269. The highest BCUT2D eigenvalue weighted by Crippen LogP contribution is 2.34. The Kier molecular flexibility index (Phi) is 4.09. The molecule has 0 saturated carbocycles. The fourth-order valence-corrected chi connectivity index (χ4v) is 2.65. The first kappa shape index (κ1) is 14.6. The highest BCUT2D eigenvalue weighted by molar-refractivity contribution is 5.77. The summed E-state index contributed by atoms with van der Waals surface area (Å²) < 4.78 is 11.0. The lowest BCUT2D eigenvalue weighted by atomic mass is 9.96. The summed E-state index contributed by atoms with van der Waals surface area (Å²) in [5, 5.41) is 0. The van der Waals surface area contributed by atoms with Crippen LogP contribution in [-0.4, -0.2) is 17.6 Å². The highest BCUT2D eigenvalue weighted by atomic mass is 16.5. The van der Waals surface area contributed by atoms with Crippen LogP contribution >= 0.6 is 0 Å². The molecule has 1 aromatic carbocycles. The summed E-state index contributed by atoms with van der Waals surface area (Å²) in [6.07, 6.45) is 3.49. The predicted octanol–water partition coefficient (Wildman–Crippen LogP) is 3.64.